The molecule has 2 heterocycles. The van der Waals surface area contributed by atoms with Gasteiger partial charge in [-0.3, -0.25) is 4.79 Å². The third kappa shape index (κ3) is 3.51. The zero-order chi connectivity index (χ0) is 20.3. The number of carbonyl (C=O) groups excluding carboxylic acids is 1. The highest BCUT2D eigenvalue weighted by Gasteiger charge is 2.21. The van der Waals surface area contributed by atoms with Crippen LogP contribution in [0.4, 0.5) is 0 Å². The van der Waals surface area contributed by atoms with Crippen molar-refractivity contribution >= 4 is 27.9 Å². The number of rotatable bonds is 6. The van der Waals surface area contributed by atoms with Crippen LogP contribution >= 0.6 is 0 Å². The van der Waals surface area contributed by atoms with Gasteiger partial charge in [-0.25, -0.2) is 4.98 Å². The molecule has 0 fully saturated rings. The number of hydrogen-bond acceptors (Lipinski definition) is 4. The summed E-state index contributed by atoms with van der Waals surface area (Å²) in [6.45, 7) is 0.498. The quantitative estimate of drug-likeness (QED) is 0.431. The van der Waals surface area contributed by atoms with Gasteiger partial charge in [0.05, 0.1) is 17.6 Å². The average molecular weight is 397 g/mol. The molecule has 5 rings (SSSR count). The summed E-state index contributed by atoms with van der Waals surface area (Å²) in [6, 6.07) is 24.8. The normalized spacial score (nSPS) is 11.1. The molecule has 0 unspecified atom stereocenters. The molecule has 6 nitrogen and oxygen atoms in total. The predicted octanol–water partition coefficient (Wildman–Crippen LogP) is 4.82. The van der Waals surface area contributed by atoms with E-state index in [0.717, 1.165) is 27.7 Å². The molecule has 3 aromatic carbocycles. The second kappa shape index (κ2) is 7.75. The van der Waals surface area contributed by atoms with E-state index in [9.17, 15) is 4.79 Å². The Morgan fingerprint density at radius 2 is 1.73 bits per heavy atom. The first kappa shape index (κ1) is 18.0. The Balaban J connectivity index is 1.38. The van der Waals surface area contributed by atoms with Crippen LogP contribution in [-0.2, 0) is 13.2 Å². The van der Waals surface area contributed by atoms with E-state index in [0.29, 0.717) is 11.4 Å². The third-order valence-corrected chi connectivity index (χ3v) is 4.89. The van der Waals surface area contributed by atoms with Gasteiger partial charge in [0, 0.05) is 10.9 Å². The lowest BCUT2D eigenvalue weighted by atomic mass is 10.1. The average Bonchev–Trinajstić information content (AvgIpc) is 3.38. The zero-order valence-electron chi connectivity index (χ0n) is 16.1. The number of imidazole rings is 1. The van der Waals surface area contributed by atoms with Crippen molar-refractivity contribution in [2.45, 2.75) is 13.2 Å². The molecular formula is C24H19N3O3. The molecular weight excluding hydrogens is 378 g/mol. The fourth-order valence-corrected chi connectivity index (χ4v) is 3.43. The summed E-state index contributed by atoms with van der Waals surface area (Å²) in [7, 11) is 0. The van der Waals surface area contributed by atoms with E-state index in [1.807, 2.05) is 78.9 Å². The number of nitrogens with zero attached hydrogens (tertiary/aromatic N) is 1. The maximum atomic E-state index is 12.9. The van der Waals surface area contributed by atoms with E-state index in [4.69, 9.17) is 9.15 Å². The van der Waals surface area contributed by atoms with Crippen LogP contribution in [-0.4, -0.2) is 15.9 Å². The highest BCUT2D eigenvalue weighted by atomic mass is 16.5. The van der Waals surface area contributed by atoms with Crippen LogP contribution in [0.2, 0.25) is 0 Å². The molecule has 0 aliphatic heterocycles. The Morgan fingerprint density at radius 3 is 2.60 bits per heavy atom. The monoisotopic (exact) mass is 397 g/mol. The number of amides is 1. The summed E-state index contributed by atoms with van der Waals surface area (Å²) in [5.41, 5.74) is 3.17. The van der Waals surface area contributed by atoms with E-state index in [1.165, 1.54) is 0 Å². The maximum Gasteiger partial charge on any atom is 0.287 e. The van der Waals surface area contributed by atoms with Gasteiger partial charge in [-0.05, 0) is 30.3 Å². The summed E-state index contributed by atoms with van der Waals surface area (Å²) >= 11 is 0. The van der Waals surface area contributed by atoms with Gasteiger partial charge in [-0.15, -0.1) is 0 Å². The van der Waals surface area contributed by atoms with Crippen LogP contribution < -0.4 is 10.1 Å². The molecule has 0 aliphatic rings. The summed E-state index contributed by atoms with van der Waals surface area (Å²) in [5, 5.41) is 3.76. The van der Waals surface area contributed by atoms with Crippen LogP contribution in [0.1, 0.15) is 21.9 Å². The molecule has 148 valence electrons. The molecule has 5 aromatic rings. The molecule has 0 atom stereocenters. The molecule has 1 amide bonds. The summed E-state index contributed by atoms with van der Waals surface area (Å²) in [5.74, 6) is 1.36. The number of aromatic amines is 1. The van der Waals surface area contributed by atoms with Crippen LogP contribution in [0.25, 0.3) is 22.0 Å². The summed E-state index contributed by atoms with van der Waals surface area (Å²) in [4.78, 5) is 20.6. The number of nitrogens with one attached hydrogen (secondary N) is 2. The topological polar surface area (TPSA) is 80.2 Å². The van der Waals surface area contributed by atoms with Crippen LogP contribution in [0.5, 0.6) is 5.75 Å². The first-order valence-corrected chi connectivity index (χ1v) is 9.68. The number of benzene rings is 3. The SMILES string of the molecule is O=C(NCc1nc2ccccc2[nH]1)c1oc2ccccc2c1COc1ccccc1. The molecule has 0 saturated carbocycles. The lowest BCUT2D eigenvalue weighted by molar-refractivity contribution is 0.0921. The van der Waals surface area contributed by atoms with Gasteiger partial charge < -0.3 is 19.5 Å². The van der Waals surface area contributed by atoms with Gasteiger partial charge in [0.2, 0.25) is 0 Å². The van der Waals surface area contributed by atoms with Gasteiger partial charge in [0.15, 0.2) is 5.76 Å². The van der Waals surface area contributed by atoms with Crippen LogP contribution in [0.3, 0.4) is 0 Å². The third-order valence-electron chi connectivity index (χ3n) is 4.89. The fraction of sp³-hybridized carbons (Fsp3) is 0.0833. The van der Waals surface area contributed by atoms with Crippen LogP contribution in [0, 0.1) is 0 Å². The fourth-order valence-electron chi connectivity index (χ4n) is 3.43. The van der Waals surface area contributed by atoms with Crippen molar-refractivity contribution in [1.82, 2.24) is 15.3 Å². The predicted molar refractivity (Wildman–Crippen MR) is 114 cm³/mol. The van der Waals surface area contributed by atoms with E-state index >= 15 is 0 Å². The second-order valence-corrected chi connectivity index (χ2v) is 6.89. The molecule has 30 heavy (non-hydrogen) atoms. The van der Waals surface area contributed by atoms with Crippen molar-refractivity contribution in [3.8, 4) is 5.75 Å². The number of aromatic nitrogens is 2. The standard InChI is InChI=1S/C24H19N3O3/c28-24(25-14-22-26-19-11-5-6-12-20(19)27-22)23-18(15-29-16-8-2-1-3-9-16)17-10-4-7-13-21(17)30-23/h1-13H,14-15H2,(H,25,28)(H,26,27). The largest absolute Gasteiger partial charge is 0.489 e. The minimum absolute atomic E-state index is 0.231. The van der Waals surface area contributed by atoms with E-state index in [1.54, 1.807) is 0 Å². The van der Waals surface area contributed by atoms with Gasteiger partial charge in [-0.2, -0.15) is 0 Å². The summed E-state index contributed by atoms with van der Waals surface area (Å²) < 4.78 is 11.8. The van der Waals surface area contributed by atoms with E-state index in [-0.39, 0.29) is 24.8 Å². The smallest absolute Gasteiger partial charge is 0.287 e. The van der Waals surface area contributed by atoms with Crippen molar-refractivity contribution in [2.24, 2.45) is 0 Å². The Morgan fingerprint density at radius 1 is 0.967 bits per heavy atom. The first-order valence-electron chi connectivity index (χ1n) is 9.68. The maximum absolute atomic E-state index is 12.9. The minimum Gasteiger partial charge on any atom is -0.489 e. The Labute approximate surface area is 172 Å². The number of ether oxygens (including phenoxy) is 1. The van der Waals surface area contributed by atoms with Crippen LogP contribution in [0.15, 0.2) is 83.3 Å². The number of furan rings is 1. The van der Waals surface area contributed by atoms with Gasteiger partial charge >= 0.3 is 0 Å². The highest BCUT2D eigenvalue weighted by Crippen LogP contribution is 2.27. The Hall–Kier alpha value is -4.06. The van der Waals surface area contributed by atoms with Gasteiger partial charge in [0.1, 0.15) is 23.8 Å². The Kier molecular flexibility index (Phi) is 4.65. The van der Waals surface area contributed by atoms with Crippen molar-refractivity contribution in [3.63, 3.8) is 0 Å². The van der Waals surface area contributed by atoms with E-state index < -0.39 is 0 Å². The zero-order valence-corrected chi connectivity index (χ0v) is 16.1. The van der Waals surface area contributed by atoms with E-state index in [2.05, 4.69) is 15.3 Å². The number of carbonyl (C=O) groups is 1. The lowest BCUT2D eigenvalue weighted by Gasteiger charge is -2.07. The first-order chi connectivity index (χ1) is 14.8. The van der Waals surface area contributed by atoms with Gasteiger partial charge in [0.25, 0.3) is 5.91 Å². The lowest BCUT2D eigenvalue weighted by Crippen LogP contribution is -2.24. The molecule has 0 spiro atoms. The highest BCUT2D eigenvalue weighted by molar-refractivity contribution is 5.99. The molecule has 0 radical (unpaired) electrons. The number of fused-ring (bicyclic) bond motifs is 2. The van der Waals surface area contributed by atoms with Crippen molar-refractivity contribution in [2.75, 3.05) is 0 Å². The van der Waals surface area contributed by atoms with Gasteiger partial charge in [-0.1, -0.05) is 48.5 Å². The molecule has 2 N–H and O–H groups in total. The molecule has 2 aromatic heterocycles. The molecule has 0 aliphatic carbocycles. The molecule has 0 saturated heterocycles. The van der Waals surface area contributed by atoms with Crippen molar-refractivity contribution in [3.05, 3.63) is 96.0 Å². The van der Waals surface area contributed by atoms with Crippen molar-refractivity contribution in [1.29, 1.82) is 0 Å². The molecule has 0 bridgehead atoms. The van der Waals surface area contributed by atoms with Crippen molar-refractivity contribution < 1.29 is 13.9 Å². The molecule has 6 heteroatoms. The minimum atomic E-state index is -0.307. The number of H-pyrrole nitrogens is 1. The number of para-hydroxylation sites is 4. The summed E-state index contributed by atoms with van der Waals surface area (Å²) in [6.07, 6.45) is 0. The number of hydrogen-bond donors (Lipinski definition) is 2. The second-order valence-electron chi connectivity index (χ2n) is 6.89. The Bertz CT molecular complexity index is 1290.